The van der Waals surface area contributed by atoms with E-state index in [4.69, 9.17) is 9.94 Å². The SMILES string of the molecule is Cc1cn(C[C@@H]2C[C@@H](CO)NO2)c(=O)[nH]c1=O. The van der Waals surface area contributed by atoms with E-state index in [0.29, 0.717) is 18.5 Å². The van der Waals surface area contributed by atoms with Crippen molar-refractivity contribution in [3.63, 3.8) is 0 Å². The van der Waals surface area contributed by atoms with Gasteiger partial charge in [-0.05, 0) is 13.3 Å². The molecule has 0 amide bonds. The fourth-order valence-electron chi connectivity index (χ4n) is 1.80. The van der Waals surface area contributed by atoms with Gasteiger partial charge >= 0.3 is 5.69 Å². The van der Waals surface area contributed by atoms with Crippen LogP contribution in [0, 0.1) is 6.92 Å². The molecule has 1 aromatic heterocycles. The van der Waals surface area contributed by atoms with Crippen molar-refractivity contribution in [1.82, 2.24) is 15.0 Å². The van der Waals surface area contributed by atoms with E-state index >= 15 is 0 Å². The van der Waals surface area contributed by atoms with Crippen LogP contribution in [0.3, 0.4) is 0 Å². The van der Waals surface area contributed by atoms with E-state index in [0.717, 1.165) is 0 Å². The Hall–Kier alpha value is -1.44. The first-order valence-electron chi connectivity index (χ1n) is 5.42. The minimum Gasteiger partial charge on any atom is -0.395 e. The van der Waals surface area contributed by atoms with Crippen LogP contribution in [0.15, 0.2) is 15.8 Å². The van der Waals surface area contributed by atoms with E-state index in [-0.39, 0.29) is 24.3 Å². The summed E-state index contributed by atoms with van der Waals surface area (Å²) in [7, 11) is 0. The highest BCUT2D eigenvalue weighted by atomic mass is 16.7. The minimum absolute atomic E-state index is 0.00392. The van der Waals surface area contributed by atoms with Gasteiger partial charge in [0, 0.05) is 11.8 Å². The molecule has 0 aliphatic carbocycles. The van der Waals surface area contributed by atoms with Crippen molar-refractivity contribution < 1.29 is 9.94 Å². The Balaban J connectivity index is 2.12. The number of hydrogen-bond donors (Lipinski definition) is 3. The van der Waals surface area contributed by atoms with Crippen molar-refractivity contribution in [3.05, 3.63) is 32.6 Å². The van der Waals surface area contributed by atoms with Crippen molar-refractivity contribution in [3.8, 4) is 0 Å². The maximum absolute atomic E-state index is 11.5. The zero-order chi connectivity index (χ0) is 12.4. The van der Waals surface area contributed by atoms with Gasteiger partial charge in [-0.15, -0.1) is 0 Å². The van der Waals surface area contributed by atoms with Gasteiger partial charge in [-0.3, -0.25) is 19.2 Å². The van der Waals surface area contributed by atoms with Crippen molar-refractivity contribution >= 4 is 0 Å². The van der Waals surface area contributed by atoms with Crippen LogP contribution in [-0.4, -0.2) is 33.4 Å². The molecular weight excluding hydrogens is 226 g/mol. The summed E-state index contributed by atoms with van der Waals surface area (Å²) in [6.45, 7) is 1.98. The van der Waals surface area contributed by atoms with Crippen molar-refractivity contribution in [1.29, 1.82) is 0 Å². The molecule has 3 N–H and O–H groups in total. The molecule has 0 bridgehead atoms. The molecule has 0 spiro atoms. The van der Waals surface area contributed by atoms with Crippen LogP contribution in [0.5, 0.6) is 0 Å². The van der Waals surface area contributed by atoms with Gasteiger partial charge in [0.25, 0.3) is 5.56 Å². The molecule has 94 valence electrons. The molecule has 1 aromatic rings. The van der Waals surface area contributed by atoms with E-state index in [1.807, 2.05) is 0 Å². The van der Waals surface area contributed by atoms with Gasteiger partial charge in [-0.1, -0.05) is 0 Å². The smallest absolute Gasteiger partial charge is 0.328 e. The second-order valence-electron chi connectivity index (χ2n) is 4.20. The quantitative estimate of drug-likeness (QED) is 0.598. The number of aromatic nitrogens is 2. The Bertz CT molecular complexity index is 507. The Labute approximate surface area is 97.0 Å². The summed E-state index contributed by atoms with van der Waals surface area (Å²) in [5.41, 5.74) is 2.35. The summed E-state index contributed by atoms with van der Waals surface area (Å²) in [4.78, 5) is 30.2. The highest BCUT2D eigenvalue weighted by Crippen LogP contribution is 2.11. The summed E-state index contributed by atoms with van der Waals surface area (Å²) in [6, 6.07) is -0.0976. The van der Waals surface area contributed by atoms with E-state index in [1.165, 1.54) is 10.8 Å². The number of nitrogens with zero attached hydrogens (tertiary/aromatic N) is 1. The molecule has 2 atom stereocenters. The average Bonchev–Trinajstić information content (AvgIpc) is 2.73. The Kier molecular flexibility index (Phi) is 3.41. The Morgan fingerprint density at radius 1 is 1.59 bits per heavy atom. The third-order valence-electron chi connectivity index (χ3n) is 2.76. The van der Waals surface area contributed by atoms with Gasteiger partial charge in [-0.25, -0.2) is 4.79 Å². The van der Waals surface area contributed by atoms with Crippen molar-refractivity contribution in [2.75, 3.05) is 6.61 Å². The van der Waals surface area contributed by atoms with Gasteiger partial charge in [0.15, 0.2) is 0 Å². The molecule has 17 heavy (non-hydrogen) atoms. The number of aromatic amines is 1. The predicted octanol–water partition coefficient (Wildman–Crippen LogP) is -1.50. The lowest BCUT2D eigenvalue weighted by atomic mass is 10.1. The van der Waals surface area contributed by atoms with Gasteiger partial charge < -0.3 is 5.11 Å². The first-order valence-corrected chi connectivity index (χ1v) is 5.42. The van der Waals surface area contributed by atoms with Gasteiger partial charge in [0.1, 0.15) is 0 Å². The monoisotopic (exact) mass is 241 g/mol. The number of aryl methyl sites for hydroxylation is 1. The Morgan fingerprint density at radius 2 is 2.35 bits per heavy atom. The molecule has 0 radical (unpaired) electrons. The zero-order valence-corrected chi connectivity index (χ0v) is 9.47. The van der Waals surface area contributed by atoms with E-state index in [2.05, 4.69) is 10.5 Å². The van der Waals surface area contributed by atoms with E-state index in [1.54, 1.807) is 6.92 Å². The molecule has 1 fully saturated rings. The summed E-state index contributed by atoms with van der Waals surface area (Å²) >= 11 is 0. The highest BCUT2D eigenvalue weighted by Gasteiger charge is 2.25. The number of aliphatic hydroxyl groups excluding tert-OH is 1. The number of aliphatic hydroxyl groups is 1. The first kappa shape index (κ1) is 12.0. The van der Waals surface area contributed by atoms with Crippen LogP contribution in [0.4, 0.5) is 0 Å². The fourth-order valence-corrected chi connectivity index (χ4v) is 1.80. The summed E-state index contributed by atoms with van der Waals surface area (Å²) in [6.07, 6.45) is 1.95. The third kappa shape index (κ3) is 2.63. The van der Waals surface area contributed by atoms with Gasteiger partial charge in [0.2, 0.25) is 0 Å². The van der Waals surface area contributed by atoms with Crippen molar-refractivity contribution in [2.24, 2.45) is 0 Å². The van der Waals surface area contributed by atoms with Crippen LogP contribution < -0.4 is 16.7 Å². The largest absolute Gasteiger partial charge is 0.395 e. The third-order valence-corrected chi connectivity index (χ3v) is 2.76. The molecule has 0 aromatic carbocycles. The van der Waals surface area contributed by atoms with Crippen LogP contribution in [0.25, 0.3) is 0 Å². The Morgan fingerprint density at radius 3 is 3.00 bits per heavy atom. The molecule has 7 heteroatoms. The van der Waals surface area contributed by atoms with Crippen molar-refractivity contribution in [2.45, 2.75) is 32.0 Å². The number of hydrogen-bond acceptors (Lipinski definition) is 5. The molecule has 1 saturated heterocycles. The molecule has 7 nitrogen and oxygen atoms in total. The lowest BCUT2D eigenvalue weighted by molar-refractivity contribution is 0.0127. The fraction of sp³-hybridized carbons (Fsp3) is 0.600. The van der Waals surface area contributed by atoms with Crippen LogP contribution >= 0.6 is 0 Å². The van der Waals surface area contributed by atoms with Gasteiger partial charge in [0.05, 0.1) is 25.3 Å². The first-order chi connectivity index (χ1) is 8.10. The second kappa shape index (κ2) is 4.82. The molecule has 1 aliphatic heterocycles. The van der Waals surface area contributed by atoms with Crippen LogP contribution in [-0.2, 0) is 11.4 Å². The topological polar surface area (TPSA) is 96.3 Å². The second-order valence-corrected chi connectivity index (χ2v) is 4.20. The number of nitrogens with one attached hydrogen (secondary N) is 2. The standard InChI is InChI=1S/C10H15N3O4/c1-6-3-13(10(16)11-9(6)15)4-8-2-7(5-14)12-17-8/h3,7-8,12,14H,2,4-5H2,1H3,(H,11,15,16)/t7-,8-/m0/s1. The predicted molar refractivity (Wildman–Crippen MR) is 59.6 cm³/mol. The lowest BCUT2D eigenvalue weighted by Crippen LogP contribution is -2.33. The summed E-state index contributed by atoms with van der Waals surface area (Å²) in [5, 5.41) is 8.93. The maximum atomic E-state index is 11.5. The highest BCUT2D eigenvalue weighted by molar-refractivity contribution is 5.01. The van der Waals surface area contributed by atoms with Gasteiger partial charge in [-0.2, -0.15) is 5.48 Å². The average molecular weight is 241 g/mol. The number of rotatable bonds is 3. The summed E-state index contributed by atoms with van der Waals surface area (Å²) < 4.78 is 1.41. The molecule has 1 aliphatic rings. The van der Waals surface area contributed by atoms with E-state index in [9.17, 15) is 9.59 Å². The normalized spacial score (nSPS) is 24.1. The number of hydroxylamine groups is 1. The van der Waals surface area contributed by atoms with Crippen LogP contribution in [0.2, 0.25) is 0 Å². The lowest BCUT2D eigenvalue weighted by Gasteiger charge is -2.10. The molecule has 0 unspecified atom stereocenters. The minimum atomic E-state index is -0.448. The molecular formula is C10H15N3O4. The maximum Gasteiger partial charge on any atom is 0.328 e. The summed E-state index contributed by atoms with van der Waals surface area (Å²) in [5.74, 6) is 0. The molecule has 2 rings (SSSR count). The molecule has 2 heterocycles. The number of H-pyrrole nitrogens is 1. The molecule has 0 saturated carbocycles. The zero-order valence-electron chi connectivity index (χ0n) is 9.47. The van der Waals surface area contributed by atoms with Crippen LogP contribution in [0.1, 0.15) is 12.0 Å². The van der Waals surface area contributed by atoms with E-state index < -0.39 is 5.69 Å².